The molecule has 34 heavy (non-hydrogen) atoms. The van der Waals surface area contributed by atoms with Crippen molar-refractivity contribution in [3.8, 4) is 11.5 Å². The Kier molecular flexibility index (Phi) is 5.67. The molecule has 180 valence electrons. The van der Waals surface area contributed by atoms with Crippen molar-refractivity contribution in [3.05, 3.63) is 39.9 Å². The van der Waals surface area contributed by atoms with Crippen LogP contribution in [0.4, 0.5) is 0 Å². The molecule has 0 unspecified atom stereocenters. The fraction of sp³-hybridized carbons (Fsp3) is 0.565. The molecule has 2 saturated heterocycles. The monoisotopic (exact) mass is 467 g/mol. The number of aromatic nitrogens is 5. The molecule has 0 aliphatic carbocycles. The minimum atomic E-state index is -0.367. The molecular formula is C23H29N7O4. The number of piperazine rings is 1. The molecule has 1 aromatic carbocycles. The number of likely N-dealkylation sites (N-methyl/N-ethyl adjacent to an activating group) is 1. The second-order valence-electron chi connectivity index (χ2n) is 9.07. The Morgan fingerprint density at radius 2 is 1.97 bits per heavy atom. The van der Waals surface area contributed by atoms with E-state index >= 15 is 0 Å². The van der Waals surface area contributed by atoms with E-state index in [1.807, 2.05) is 22.9 Å². The zero-order valence-electron chi connectivity index (χ0n) is 19.3. The van der Waals surface area contributed by atoms with Gasteiger partial charge in [-0.25, -0.2) is 4.68 Å². The number of aromatic amines is 1. The molecule has 0 spiro atoms. The SMILES string of the molecule is CCN1CCN([C@@H](c2cc3cc4c(cc3[nH]c2=O)OCO4)c2nnnn2C[C@H]2CCCO2)CC1. The molecule has 2 atom stereocenters. The van der Waals surface area contributed by atoms with Gasteiger partial charge in [-0.05, 0) is 41.9 Å². The van der Waals surface area contributed by atoms with E-state index in [4.69, 9.17) is 14.2 Å². The highest BCUT2D eigenvalue weighted by Crippen LogP contribution is 2.36. The van der Waals surface area contributed by atoms with E-state index in [2.05, 4.69) is 37.2 Å². The zero-order valence-corrected chi connectivity index (χ0v) is 19.3. The van der Waals surface area contributed by atoms with Crippen LogP contribution in [0.25, 0.3) is 10.9 Å². The van der Waals surface area contributed by atoms with Crippen molar-refractivity contribution >= 4 is 10.9 Å². The summed E-state index contributed by atoms with van der Waals surface area (Å²) >= 11 is 0. The van der Waals surface area contributed by atoms with Crippen LogP contribution in [0.1, 0.15) is 37.2 Å². The summed E-state index contributed by atoms with van der Waals surface area (Å²) in [6.07, 6.45) is 2.13. The lowest BCUT2D eigenvalue weighted by Crippen LogP contribution is -2.49. The number of tetrazole rings is 1. The van der Waals surface area contributed by atoms with Crippen LogP contribution in [0.5, 0.6) is 11.5 Å². The van der Waals surface area contributed by atoms with Crippen LogP contribution in [0, 0.1) is 0 Å². The van der Waals surface area contributed by atoms with Crippen molar-refractivity contribution in [3.63, 3.8) is 0 Å². The molecule has 0 saturated carbocycles. The van der Waals surface area contributed by atoms with Crippen molar-refractivity contribution in [2.75, 3.05) is 46.1 Å². The second kappa shape index (κ2) is 8.97. The molecule has 11 nitrogen and oxygen atoms in total. The Hall–Kier alpha value is -3.02. The van der Waals surface area contributed by atoms with E-state index in [1.54, 1.807) is 0 Å². The molecule has 3 aliphatic heterocycles. The van der Waals surface area contributed by atoms with Gasteiger partial charge in [0.25, 0.3) is 5.56 Å². The molecule has 3 aliphatic rings. The van der Waals surface area contributed by atoms with Crippen molar-refractivity contribution < 1.29 is 14.2 Å². The van der Waals surface area contributed by atoms with Gasteiger partial charge in [-0.3, -0.25) is 9.69 Å². The fourth-order valence-electron chi connectivity index (χ4n) is 5.17. The van der Waals surface area contributed by atoms with E-state index < -0.39 is 0 Å². The Labute approximate surface area is 196 Å². The summed E-state index contributed by atoms with van der Waals surface area (Å²) < 4.78 is 18.7. The number of hydrogen-bond acceptors (Lipinski definition) is 9. The molecule has 5 heterocycles. The van der Waals surface area contributed by atoms with E-state index in [0.717, 1.165) is 57.6 Å². The quantitative estimate of drug-likeness (QED) is 0.571. The molecule has 3 aromatic rings. The van der Waals surface area contributed by atoms with Gasteiger partial charge in [0.05, 0.1) is 18.2 Å². The van der Waals surface area contributed by atoms with Crippen LogP contribution in [0.3, 0.4) is 0 Å². The minimum Gasteiger partial charge on any atom is -0.454 e. The molecule has 2 aromatic heterocycles. The zero-order chi connectivity index (χ0) is 23.1. The number of fused-ring (bicyclic) bond motifs is 2. The maximum absolute atomic E-state index is 13.4. The lowest BCUT2D eigenvalue weighted by Gasteiger charge is -2.38. The van der Waals surface area contributed by atoms with Crippen LogP contribution >= 0.6 is 0 Å². The molecule has 1 N–H and O–H groups in total. The smallest absolute Gasteiger partial charge is 0.253 e. The number of hydrogen-bond donors (Lipinski definition) is 1. The first kappa shape index (κ1) is 21.5. The average Bonchev–Trinajstić information content (AvgIpc) is 3.62. The molecule has 6 rings (SSSR count). The van der Waals surface area contributed by atoms with Gasteiger partial charge in [0.1, 0.15) is 6.04 Å². The van der Waals surface area contributed by atoms with Crippen LogP contribution in [-0.4, -0.2) is 87.2 Å². The highest BCUT2D eigenvalue weighted by atomic mass is 16.7. The van der Waals surface area contributed by atoms with Crippen molar-refractivity contribution in [2.24, 2.45) is 0 Å². The number of nitrogens with one attached hydrogen (secondary N) is 1. The largest absolute Gasteiger partial charge is 0.454 e. The summed E-state index contributed by atoms with van der Waals surface area (Å²) in [5.74, 6) is 2.00. The van der Waals surface area contributed by atoms with Gasteiger partial charge in [-0.2, -0.15) is 0 Å². The standard InChI is InChI=1S/C23H29N7O4/c1-2-28-5-7-29(8-6-28)21(22-25-26-27-30(22)13-16-4-3-9-32-16)17-10-15-11-19-20(34-14-33-19)12-18(15)24-23(17)31/h10-12,16,21H,2-9,13-14H2,1H3,(H,24,31)/t16-,21+/m1/s1. The van der Waals surface area contributed by atoms with Gasteiger partial charge in [0, 0.05) is 49.8 Å². The number of H-pyrrole nitrogens is 1. The summed E-state index contributed by atoms with van der Waals surface area (Å²) in [5, 5.41) is 13.6. The van der Waals surface area contributed by atoms with Crippen LogP contribution in [0.15, 0.2) is 23.0 Å². The van der Waals surface area contributed by atoms with Gasteiger partial charge >= 0.3 is 0 Å². The summed E-state index contributed by atoms with van der Waals surface area (Å²) in [6, 6.07) is 5.31. The predicted molar refractivity (Wildman–Crippen MR) is 123 cm³/mol. The first-order chi connectivity index (χ1) is 16.7. The van der Waals surface area contributed by atoms with Gasteiger partial charge < -0.3 is 24.1 Å². The Morgan fingerprint density at radius 1 is 1.15 bits per heavy atom. The highest BCUT2D eigenvalue weighted by Gasteiger charge is 2.33. The van der Waals surface area contributed by atoms with E-state index in [0.29, 0.717) is 34.9 Å². The maximum atomic E-state index is 13.4. The third-order valence-electron chi connectivity index (χ3n) is 7.08. The van der Waals surface area contributed by atoms with Gasteiger partial charge in [-0.1, -0.05) is 6.92 Å². The van der Waals surface area contributed by atoms with E-state index in [9.17, 15) is 4.79 Å². The average molecular weight is 468 g/mol. The first-order valence-corrected chi connectivity index (χ1v) is 12.0. The van der Waals surface area contributed by atoms with Gasteiger partial charge in [-0.15, -0.1) is 5.10 Å². The summed E-state index contributed by atoms with van der Waals surface area (Å²) in [4.78, 5) is 21.2. The molecular weight excluding hydrogens is 438 g/mol. The lowest BCUT2D eigenvalue weighted by molar-refractivity contribution is 0.0860. The highest BCUT2D eigenvalue weighted by molar-refractivity contribution is 5.83. The Balaban J connectivity index is 1.42. The fourth-order valence-corrected chi connectivity index (χ4v) is 5.17. The normalized spacial score (nSPS) is 22.0. The Morgan fingerprint density at radius 3 is 2.74 bits per heavy atom. The third-order valence-corrected chi connectivity index (χ3v) is 7.08. The minimum absolute atomic E-state index is 0.0921. The summed E-state index contributed by atoms with van der Waals surface area (Å²) in [5.41, 5.74) is 1.19. The van der Waals surface area contributed by atoms with Crippen LogP contribution < -0.4 is 15.0 Å². The third kappa shape index (κ3) is 3.93. The predicted octanol–water partition coefficient (Wildman–Crippen LogP) is 1.15. The van der Waals surface area contributed by atoms with Crippen LogP contribution in [-0.2, 0) is 11.3 Å². The molecule has 2 fully saturated rings. The Bertz CT molecular complexity index is 1230. The van der Waals surface area contributed by atoms with E-state index in [1.165, 1.54) is 0 Å². The van der Waals surface area contributed by atoms with Gasteiger partial charge in [0.2, 0.25) is 6.79 Å². The van der Waals surface area contributed by atoms with Crippen molar-refractivity contribution in [2.45, 2.75) is 38.5 Å². The number of benzene rings is 1. The van der Waals surface area contributed by atoms with Crippen molar-refractivity contribution in [1.82, 2.24) is 35.0 Å². The molecule has 0 bridgehead atoms. The summed E-state index contributed by atoms with van der Waals surface area (Å²) in [6.45, 7) is 8.24. The van der Waals surface area contributed by atoms with Crippen molar-refractivity contribution in [1.29, 1.82) is 0 Å². The number of pyridine rings is 1. The molecule has 0 amide bonds. The molecule has 0 radical (unpaired) electrons. The lowest BCUT2D eigenvalue weighted by atomic mass is 10.0. The number of rotatable bonds is 6. The topological polar surface area (TPSA) is 111 Å². The first-order valence-electron chi connectivity index (χ1n) is 12.0. The van der Waals surface area contributed by atoms with Gasteiger partial charge in [0.15, 0.2) is 17.3 Å². The number of ether oxygens (including phenoxy) is 3. The second-order valence-corrected chi connectivity index (χ2v) is 9.07. The number of nitrogens with zero attached hydrogens (tertiary/aromatic N) is 6. The molecule has 11 heteroatoms. The maximum Gasteiger partial charge on any atom is 0.253 e. The summed E-state index contributed by atoms with van der Waals surface area (Å²) in [7, 11) is 0. The van der Waals surface area contributed by atoms with Crippen LogP contribution in [0.2, 0.25) is 0 Å². The van der Waals surface area contributed by atoms with E-state index in [-0.39, 0.29) is 24.5 Å².